The molecular weight excluding hydrogens is 146 g/mol. The molecule has 1 aromatic heterocycles. The fraction of sp³-hybridized carbons (Fsp3) is 0.400. The minimum absolute atomic E-state index is 0.222. The van der Waals surface area contributed by atoms with Crippen LogP contribution in [-0.2, 0) is 4.74 Å². The number of anilines is 1. The van der Waals surface area contributed by atoms with Crippen LogP contribution in [0.1, 0.15) is 11.9 Å². The molecule has 0 amide bonds. The maximum Gasteiger partial charge on any atom is 0.188 e. The molecule has 11 heavy (non-hydrogen) atoms. The highest BCUT2D eigenvalue weighted by atomic mass is 16.5. The summed E-state index contributed by atoms with van der Waals surface area (Å²) in [5.74, 6) is 0.624. The van der Waals surface area contributed by atoms with E-state index in [1.807, 2.05) is 0 Å². The third-order valence-corrected chi connectivity index (χ3v) is 1.45. The number of ether oxygens (including phenoxy) is 1. The Bertz CT molecular complexity index is 265. The van der Waals surface area contributed by atoms with Crippen LogP contribution >= 0.6 is 0 Å². The van der Waals surface area contributed by atoms with Crippen molar-refractivity contribution in [2.24, 2.45) is 0 Å². The average Bonchev–Trinajstić information content (AvgIpc) is 2.47. The van der Waals surface area contributed by atoms with Crippen LogP contribution in [0.4, 0.5) is 5.82 Å². The van der Waals surface area contributed by atoms with Crippen molar-refractivity contribution in [2.45, 2.75) is 6.23 Å². The molecule has 0 saturated heterocycles. The lowest BCUT2D eigenvalue weighted by atomic mass is 10.4. The first-order chi connectivity index (χ1) is 5.42. The van der Waals surface area contributed by atoms with Crippen LogP contribution in [-0.4, -0.2) is 22.3 Å². The van der Waals surface area contributed by atoms with Gasteiger partial charge in [-0.2, -0.15) is 0 Å². The standard InChI is InChI=1S/C5H7N5O/c1-11-5-3-4(9-10-5)8-7-2-6-3/h2,5,10H,1H3,(H,8,9). The van der Waals surface area contributed by atoms with Crippen molar-refractivity contribution in [1.29, 1.82) is 0 Å². The van der Waals surface area contributed by atoms with Gasteiger partial charge in [0.25, 0.3) is 0 Å². The molecule has 58 valence electrons. The van der Waals surface area contributed by atoms with Gasteiger partial charge in [-0.05, 0) is 0 Å². The van der Waals surface area contributed by atoms with Gasteiger partial charge in [0.05, 0.1) is 0 Å². The number of nitrogens with zero attached hydrogens (tertiary/aromatic N) is 3. The Balaban J connectivity index is 2.39. The number of aromatic nitrogens is 3. The van der Waals surface area contributed by atoms with Crippen molar-refractivity contribution in [3.05, 3.63) is 12.0 Å². The molecule has 0 radical (unpaired) electrons. The first kappa shape index (κ1) is 6.44. The Morgan fingerprint density at radius 3 is 3.36 bits per heavy atom. The van der Waals surface area contributed by atoms with Crippen molar-refractivity contribution in [2.75, 3.05) is 12.5 Å². The summed E-state index contributed by atoms with van der Waals surface area (Å²) in [6, 6.07) is 0. The first-order valence-corrected chi connectivity index (χ1v) is 3.13. The summed E-state index contributed by atoms with van der Waals surface area (Å²) in [5, 5.41) is 7.40. The van der Waals surface area contributed by atoms with Gasteiger partial charge in [0.2, 0.25) is 0 Å². The second-order valence-corrected chi connectivity index (χ2v) is 2.08. The average molecular weight is 153 g/mol. The van der Waals surface area contributed by atoms with Crippen LogP contribution in [0.2, 0.25) is 0 Å². The van der Waals surface area contributed by atoms with Gasteiger partial charge in [-0.15, -0.1) is 10.2 Å². The Morgan fingerprint density at radius 1 is 1.64 bits per heavy atom. The fourth-order valence-corrected chi connectivity index (χ4v) is 0.938. The van der Waals surface area contributed by atoms with Gasteiger partial charge in [0, 0.05) is 7.11 Å². The smallest absolute Gasteiger partial charge is 0.188 e. The zero-order valence-electron chi connectivity index (χ0n) is 5.90. The normalized spacial score (nSPS) is 21.0. The van der Waals surface area contributed by atoms with Gasteiger partial charge >= 0.3 is 0 Å². The highest BCUT2D eigenvalue weighted by Gasteiger charge is 2.23. The molecule has 6 nitrogen and oxygen atoms in total. The summed E-state index contributed by atoms with van der Waals surface area (Å²) in [6.07, 6.45) is 1.17. The lowest BCUT2D eigenvalue weighted by Gasteiger charge is -2.04. The van der Waals surface area contributed by atoms with E-state index in [1.165, 1.54) is 6.33 Å². The Kier molecular flexibility index (Phi) is 1.41. The zero-order chi connectivity index (χ0) is 7.68. The van der Waals surface area contributed by atoms with E-state index >= 15 is 0 Å². The van der Waals surface area contributed by atoms with E-state index < -0.39 is 0 Å². The molecule has 6 heteroatoms. The first-order valence-electron chi connectivity index (χ1n) is 3.13. The van der Waals surface area contributed by atoms with Gasteiger partial charge in [0.1, 0.15) is 12.0 Å². The number of nitrogens with one attached hydrogen (secondary N) is 2. The minimum Gasteiger partial charge on any atom is -0.359 e. The van der Waals surface area contributed by atoms with Crippen LogP contribution in [0.25, 0.3) is 0 Å². The van der Waals surface area contributed by atoms with Crippen LogP contribution in [0.3, 0.4) is 0 Å². The van der Waals surface area contributed by atoms with Gasteiger partial charge in [-0.1, -0.05) is 0 Å². The van der Waals surface area contributed by atoms with Crippen molar-refractivity contribution in [1.82, 2.24) is 20.6 Å². The molecular formula is C5H7N5O. The monoisotopic (exact) mass is 153 g/mol. The molecule has 0 bridgehead atoms. The van der Waals surface area contributed by atoms with Crippen LogP contribution in [0.15, 0.2) is 6.33 Å². The second-order valence-electron chi connectivity index (χ2n) is 2.08. The maximum atomic E-state index is 5.03. The molecule has 1 aliphatic rings. The molecule has 0 spiro atoms. The Hall–Kier alpha value is -1.27. The minimum atomic E-state index is -0.222. The van der Waals surface area contributed by atoms with Gasteiger partial charge in [-0.25, -0.2) is 10.4 Å². The number of rotatable bonds is 1. The predicted molar refractivity (Wildman–Crippen MR) is 36.3 cm³/mol. The number of hydrogen-bond donors (Lipinski definition) is 2. The Labute approximate surface area is 63.0 Å². The summed E-state index contributed by atoms with van der Waals surface area (Å²) in [4.78, 5) is 3.99. The number of fused-ring (bicyclic) bond motifs is 1. The van der Waals surface area contributed by atoms with Crippen LogP contribution in [0.5, 0.6) is 0 Å². The largest absolute Gasteiger partial charge is 0.359 e. The second kappa shape index (κ2) is 2.40. The van der Waals surface area contributed by atoms with Gasteiger partial charge in [0.15, 0.2) is 12.0 Å². The molecule has 0 saturated carbocycles. The molecule has 2 N–H and O–H groups in total. The summed E-state index contributed by atoms with van der Waals surface area (Å²) >= 11 is 0. The summed E-state index contributed by atoms with van der Waals surface area (Å²) < 4.78 is 5.03. The molecule has 2 rings (SSSR count). The van der Waals surface area contributed by atoms with E-state index in [0.29, 0.717) is 5.82 Å². The third kappa shape index (κ3) is 0.920. The molecule has 2 heterocycles. The van der Waals surface area contributed by atoms with E-state index in [9.17, 15) is 0 Å². The number of hydrazine groups is 1. The zero-order valence-corrected chi connectivity index (χ0v) is 5.90. The SMILES string of the molecule is COC1NNc2nncnc21. The van der Waals surface area contributed by atoms with Crippen molar-refractivity contribution >= 4 is 5.82 Å². The Morgan fingerprint density at radius 2 is 2.55 bits per heavy atom. The molecule has 1 aromatic rings. The number of methoxy groups -OCH3 is 1. The lowest BCUT2D eigenvalue weighted by Crippen LogP contribution is -2.20. The van der Waals surface area contributed by atoms with Crippen LogP contribution in [0, 0.1) is 0 Å². The lowest BCUT2D eigenvalue weighted by molar-refractivity contribution is 0.0850. The van der Waals surface area contributed by atoms with Crippen molar-refractivity contribution in [3.63, 3.8) is 0 Å². The van der Waals surface area contributed by atoms with E-state index in [2.05, 4.69) is 26.0 Å². The van der Waals surface area contributed by atoms with Crippen molar-refractivity contribution in [3.8, 4) is 0 Å². The highest BCUT2D eigenvalue weighted by Crippen LogP contribution is 2.22. The summed E-state index contributed by atoms with van der Waals surface area (Å²) in [6.45, 7) is 0. The summed E-state index contributed by atoms with van der Waals surface area (Å²) in [5.41, 5.74) is 6.36. The molecule has 1 atom stereocenters. The fourth-order valence-electron chi connectivity index (χ4n) is 0.938. The molecule has 1 aliphatic heterocycles. The third-order valence-electron chi connectivity index (χ3n) is 1.45. The van der Waals surface area contributed by atoms with E-state index in [4.69, 9.17) is 4.74 Å². The molecule has 0 fully saturated rings. The van der Waals surface area contributed by atoms with Gasteiger partial charge in [-0.3, -0.25) is 5.43 Å². The molecule has 0 aromatic carbocycles. The molecule has 0 aliphatic carbocycles. The van der Waals surface area contributed by atoms with E-state index in [0.717, 1.165) is 5.69 Å². The summed E-state index contributed by atoms with van der Waals surface area (Å²) in [7, 11) is 1.59. The quantitative estimate of drug-likeness (QED) is 0.563. The topological polar surface area (TPSA) is 72.0 Å². The van der Waals surface area contributed by atoms with E-state index in [1.54, 1.807) is 7.11 Å². The van der Waals surface area contributed by atoms with Crippen molar-refractivity contribution < 1.29 is 4.74 Å². The molecule has 1 unspecified atom stereocenters. The highest BCUT2D eigenvalue weighted by molar-refractivity contribution is 5.42. The number of hydrogen-bond acceptors (Lipinski definition) is 6. The van der Waals surface area contributed by atoms with E-state index in [-0.39, 0.29) is 6.23 Å². The predicted octanol–water partition coefficient (Wildman–Crippen LogP) is -0.553. The van der Waals surface area contributed by atoms with Crippen LogP contribution < -0.4 is 10.9 Å². The van der Waals surface area contributed by atoms with Gasteiger partial charge < -0.3 is 4.74 Å². The maximum absolute atomic E-state index is 5.03.